The minimum atomic E-state index is -0.586. The lowest BCUT2D eigenvalue weighted by atomic mass is 9.59. The zero-order chi connectivity index (χ0) is 13.8. The fourth-order valence-corrected chi connectivity index (χ4v) is 3.60. The Balaban J connectivity index is 2.15. The first-order valence-electron chi connectivity index (χ1n) is 6.44. The highest BCUT2D eigenvalue weighted by Crippen LogP contribution is 2.50. The lowest BCUT2D eigenvalue weighted by molar-refractivity contribution is -0.148. The molecule has 1 N–H and O–H groups in total. The van der Waals surface area contributed by atoms with Crippen LogP contribution >= 0.6 is 23.2 Å². The summed E-state index contributed by atoms with van der Waals surface area (Å²) >= 11 is 12.2. The van der Waals surface area contributed by atoms with Crippen LogP contribution in [0.25, 0.3) is 0 Å². The average Bonchev–Trinajstić information content (AvgIpc) is 2.34. The third-order valence-corrected chi connectivity index (χ3v) is 4.99. The minimum Gasteiger partial charge on any atom is -0.393 e. The van der Waals surface area contributed by atoms with Crippen LogP contribution in [0.2, 0.25) is 10.0 Å². The van der Waals surface area contributed by atoms with Crippen LogP contribution in [-0.2, 0) is 16.8 Å². The molecule has 1 aliphatic carbocycles. The predicted octanol–water partition coefficient (Wildman–Crippen LogP) is 2.75. The van der Waals surface area contributed by atoms with E-state index in [0.29, 0.717) is 36.0 Å². The van der Waals surface area contributed by atoms with Gasteiger partial charge in [0.15, 0.2) is 0 Å². The van der Waals surface area contributed by atoms with E-state index in [0.717, 1.165) is 11.1 Å². The van der Waals surface area contributed by atoms with Crippen molar-refractivity contribution in [2.75, 3.05) is 6.54 Å². The molecule has 0 atom stereocenters. The molecule has 0 unspecified atom stereocenters. The molecule has 1 aromatic carbocycles. The number of aliphatic hydroxyl groups is 1. The number of amides is 1. The van der Waals surface area contributed by atoms with Crippen LogP contribution in [0.5, 0.6) is 0 Å². The number of likely N-dealkylation sites (N-methyl/N-ethyl adjacent to an activating group) is 1. The lowest BCUT2D eigenvalue weighted by Gasteiger charge is -2.50. The highest BCUT2D eigenvalue weighted by molar-refractivity contribution is 6.42. The van der Waals surface area contributed by atoms with Gasteiger partial charge in [-0.25, -0.2) is 0 Å². The first kappa shape index (κ1) is 13.2. The summed E-state index contributed by atoms with van der Waals surface area (Å²) in [5, 5.41) is 10.6. The summed E-state index contributed by atoms with van der Waals surface area (Å²) in [6.45, 7) is 3.19. The molecule has 5 heteroatoms. The fraction of sp³-hybridized carbons (Fsp3) is 0.500. The van der Waals surface area contributed by atoms with Crippen molar-refractivity contribution in [2.45, 2.75) is 37.8 Å². The monoisotopic (exact) mass is 299 g/mol. The van der Waals surface area contributed by atoms with Crippen molar-refractivity contribution in [1.82, 2.24) is 4.90 Å². The maximum Gasteiger partial charge on any atom is 0.233 e. The van der Waals surface area contributed by atoms with Crippen LogP contribution in [0.1, 0.15) is 30.9 Å². The Hall–Kier alpha value is -0.770. The van der Waals surface area contributed by atoms with Crippen LogP contribution < -0.4 is 0 Å². The van der Waals surface area contributed by atoms with Gasteiger partial charge in [0, 0.05) is 13.1 Å². The molecule has 0 bridgehead atoms. The smallest absolute Gasteiger partial charge is 0.233 e. The van der Waals surface area contributed by atoms with Crippen molar-refractivity contribution in [3.63, 3.8) is 0 Å². The van der Waals surface area contributed by atoms with Crippen molar-refractivity contribution in [2.24, 2.45) is 0 Å². The van der Waals surface area contributed by atoms with Gasteiger partial charge in [0.1, 0.15) is 0 Å². The van der Waals surface area contributed by atoms with Crippen molar-refractivity contribution < 1.29 is 9.90 Å². The average molecular weight is 300 g/mol. The van der Waals surface area contributed by atoms with Crippen LogP contribution in [0.3, 0.4) is 0 Å². The maximum atomic E-state index is 12.6. The number of aliphatic hydroxyl groups excluding tert-OH is 1. The molecule has 1 spiro atoms. The molecule has 102 valence electrons. The van der Waals surface area contributed by atoms with Gasteiger partial charge in [-0.3, -0.25) is 4.79 Å². The number of halogens is 2. The second kappa shape index (κ2) is 4.37. The standard InChI is InChI=1S/C14H15Cl2NO2/c1-2-17-7-8-3-11(15)12(16)4-10(8)14(13(17)19)5-9(18)6-14/h3-4,9,18H,2,5-7H2,1H3. The number of nitrogens with zero attached hydrogens (tertiary/aromatic N) is 1. The number of fused-ring (bicyclic) bond motifs is 2. The molecule has 1 heterocycles. The Bertz CT molecular complexity index is 553. The van der Waals surface area contributed by atoms with Gasteiger partial charge in [-0.15, -0.1) is 0 Å². The second-order valence-corrected chi connectivity index (χ2v) is 6.20. The molecule has 19 heavy (non-hydrogen) atoms. The number of hydrogen-bond acceptors (Lipinski definition) is 2. The van der Waals surface area contributed by atoms with Crippen LogP contribution in [-0.4, -0.2) is 28.6 Å². The highest BCUT2D eigenvalue weighted by atomic mass is 35.5. The van der Waals surface area contributed by atoms with E-state index < -0.39 is 11.5 Å². The van der Waals surface area contributed by atoms with E-state index in [1.54, 1.807) is 6.07 Å². The Morgan fingerprint density at radius 1 is 1.37 bits per heavy atom. The summed E-state index contributed by atoms with van der Waals surface area (Å²) in [6, 6.07) is 3.65. The van der Waals surface area contributed by atoms with Gasteiger partial charge in [0.05, 0.1) is 21.6 Å². The molecule has 1 aromatic rings. The summed E-state index contributed by atoms with van der Waals surface area (Å²) in [5.41, 5.74) is 1.40. The summed E-state index contributed by atoms with van der Waals surface area (Å²) in [6.07, 6.45) is 0.559. The first-order valence-corrected chi connectivity index (χ1v) is 7.19. The van der Waals surface area contributed by atoms with Gasteiger partial charge in [0.25, 0.3) is 0 Å². The normalized spacial score (nSPS) is 29.4. The first-order chi connectivity index (χ1) is 8.98. The minimum absolute atomic E-state index is 0.103. The molecule has 3 rings (SSSR count). The number of benzene rings is 1. The molecular formula is C14H15Cl2NO2. The van der Waals surface area contributed by atoms with Crippen molar-refractivity contribution in [1.29, 1.82) is 0 Å². The summed E-state index contributed by atoms with van der Waals surface area (Å²) in [4.78, 5) is 14.4. The summed E-state index contributed by atoms with van der Waals surface area (Å²) in [7, 11) is 0. The van der Waals surface area contributed by atoms with Crippen molar-refractivity contribution in [3.05, 3.63) is 33.3 Å². The molecule has 1 saturated carbocycles. The molecule has 3 nitrogen and oxygen atoms in total. The van der Waals surface area contributed by atoms with Crippen molar-refractivity contribution >= 4 is 29.1 Å². The maximum absolute atomic E-state index is 12.6. The van der Waals surface area contributed by atoms with Crippen molar-refractivity contribution in [3.8, 4) is 0 Å². The van der Waals surface area contributed by atoms with E-state index in [2.05, 4.69) is 0 Å². The van der Waals surface area contributed by atoms with Gasteiger partial charge < -0.3 is 10.0 Å². The van der Waals surface area contributed by atoms with Gasteiger partial charge in [0.2, 0.25) is 5.91 Å². The Morgan fingerprint density at radius 2 is 2.00 bits per heavy atom. The summed E-state index contributed by atoms with van der Waals surface area (Å²) in [5.74, 6) is 0.103. The molecule has 0 radical (unpaired) electrons. The van der Waals surface area contributed by atoms with E-state index in [9.17, 15) is 9.90 Å². The Morgan fingerprint density at radius 3 is 2.58 bits per heavy atom. The molecule has 0 aromatic heterocycles. The third kappa shape index (κ3) is 1.79. The highest BCUT2D eigenvalue weighted by Gasteiger charge is 2.55. The Kier molecular flexibility index (Phi) is 3.04. The molecular weight excluding hydrogens is 285 g/mol. The van der Waals surface area contributed by atoms with Crippen LogP contribution in [0.15, 0.2) is 12.1 Å². The molecule has 1 amide bonds. The van der Waals surface area contributed by atoms with E-state index >= 15 is 0 Å². The molecule has 0 saturated heterocycles. The fourth-order valence-electron chi connectivity index (χ4n) is 3.25. The largest absolute Gasteiger partial charge is 0.393 e. The number of carbonyl (C=O) groups is 1. The second-order valence-electron chi connectivity index (χ2n) is 5.39. The van der Waals surface area contributed by atoms with Gasteiger partial charge >= 0.3 is 0 Å². The van der Waals surface area contributed by atoms with Gasteiger partial charge in [-0.2, -0.15) is 0 Å². The summed E-state index contributed by atoms with van der Waals surface area (Å²) < 4.78 is 0. The van der Waals surface area contributed by atoms with Crippen LogP contribution in [0, 0.1) is 0 Å². The number of rotatable bonds is 1. The van der Waals surface area contributed by atoms with Gasteiger partial charge in [-0.1, -0.05) is 23.2 Å². The molecule has 1 fully saturated rings. The number of hydrogen-bond donors (Lipinski definition) is 1. The zero-order valence-corrected chi connectivity index (χ0v) is 12.1. The van der Waals surface area contributed by atoms with E-state index in [4.69, 9.17) is 23.2 Å². The molecule has 2 aliphatic rings. The van der Waals surface area contributed by atoms with E-state index in [1.165, 1.54) is 0 Å². The predicted molar refractivity (Wildman–Crippen MR) is 74.5 cm³/mol. The lowest BCUT2D eigenvalue weighted by Crippen LogP contribution is -2.59. The van der Waals surface area contributed by atoms with Gasteiger partial charge in [-0.05, 0) is 43.0 Å². The van der Waals surface area contributed by atoms with E-state index in [-0.39, 0.29) is 5.91 Å². The number of carbonyl (C=O) groups excluding carboxylic acids is 1. The van der Waals surface area contributed by atoms with E-state index in [1.807, 2.05) is 17.9 Å². The molecule has 1 aliphatic heterocycles. The van der Waals surface area contributed by atoms with Crippen LogP contribution in [0.4, 0.5) is 0 Å². The quantitative estimate of drug-likeness (QED) is 0.866. The SMILES string of the molecule is CCN1Cc2cc(Cl)c(Cl)cc2C2(CC(O)C2)C1=O. The topological polar surface area (TPSA) is 40.5 Å². The Labute approximate surface area is 122 Å². The third-order valence-electron chi connectivity index (χ3n) is 4.27. The zero-order valence-electron chi connectivity index (χ0n) is 10.6.